The van der Waals surface area contributed by atoms with Crippen molar-refractivity contribution in [2.75, 3.05) is 6.61 Å². The summed E-state index contributed by atoms with van der Waals surface area (Å²) in [6.45, 7) is 2.45. The minimum absolute atomic E-state index is 0.509. The van der Waals surface area contributed by atoms with E-state index in [-0.39, 0.29) is 0 Å². The molecule has 74 valence electrons. The van der Waals surface area contributed by atoms with E-state index in [1.54, 1.807) is 6.07 Å². The van der Waals surface area contributed by atoms with Gasteiger partial charge >= 0.3 is 0 Å². The Morgan fingerprint density at radius 3 is 3.00 bits per heavy atom. The molecule has 1 aromatic rings. The molecule has 14 heavy (non-hydrogen) atoms. The van der Waals surface area contributed by atoms with Crippen molar-refractivity contribution < 1.29 is 9.94 Å². The predicted octanol–water partition coefficient (Wildman–Crippen LogP) is 2.61. The van der Waals surface area contributed by atoms with Crippen molar-refractivity contribution in [1.29, 1.82) is 0 Å². The molecule has 1 aliphatic heterocycles. The van der Waals surface area contributed by atoms with Crippen molar-refractivity contribution in [3.8, 4) is 5.75 Å². The Kier molecular flexibility index (Phi) is 2.33. The lowest BCUT2D eigenvalue weighted by Gasteiger charge is -2.20. The number of ether oxygens (including phenoxy) is 1. The molecule has 0 fully saturated rings. The normalized spacial score (nSPS) is 17.7. The second-order valence-electron chi connectivity index (χ2n) is 3.21. The number of aryl methyl sites for hydroxylation is 1. The Hall–Kier alpha value is -1.22. The SMILES string of the molecule is Cc1ccc(Cl)c2c1C(=NO)CCO2. The molecule has 2 rings (SSSR count). The summed E-state index contributed by atoms with van der Waals surface area (Å²) >= 11 is 5.97. The van der Waals surface area contributed by atoms with Gasteiger partial charge in [-0.2, -0.15) is 0 Å². The molecule has 0 amide bonds. The first-order chi connectivity index (χ1) is 6.74. The molecular weight excluding hydrogens is 202 g/mol. The molecule has 0 atom stereocenters. The van der Waals surface area contributed by atoms with Crippen LogP contribution in [0.15, 0.2) is 17.3 Å². The zero-order chi connectivity index (χ0) is 10.1. The summed E-state index contributed by atoms with van der Waals surface area (Å²) in [5.74, 6) is 0.630. The van der Waals surface area contributed by atoms with Crippen LogP contribution in [0.3, 0.4) is 0 Å². The van der Waals surface area contributed by atoms with Crippen molar-refractivity contribution in [3.63, 3.8) is 0 Å². The highest BCUT2D eigenvalue weighted by atomic mass is 35.5. The van der Waals surface area contributed by atoms with Crippen molar-refractivity contribution in [2.24, 2.45) is 5.16 Å². The Balaban J connectivity index is 2.67. The van der Waals surface area contributed by atoms with Crippen molar-refractivity contribution in [2.45, 2.75) is 13.3 Å². The highest BCUT2D eigenvalue weighted by Crippen LogP contribution is 2.34. The van der Waals surface area contributed by atoms with E-state index >= 15 is 0 Å². The van der Waals surface area contributed by atoms with E-state index < -0.39 is 0 Å². The molecule has 1 heterocycles. The number of fused-ring (bicyclic) bond motifs is 1. The topological polar surface area (TPSA) is 41.8 Å². The van der Waals surface area contributed by atoms with Gasteiger partial charge in [0.1, 0.15) is 5.75 Å². The van der Waals surface area contributed by atoms with Crippen LogP contribution in [0.1, 0.15) is 17.5 Å². The summed E-state index contributed by atoms with van der Waals surface area (Å²) in [5, 5.41) is 12.7. The van der Waals surface area contributed by atoms with Gasteiger partial charge < -0.3 is 9.94 Å². The molecule has 4 heteroatoms. The fourth-order valence-corrected chi connectivity index (χ4v) is 1.84. The number of hydrogen-bond donors (Lipinski definition) is 1. The smallest absolute Gasteiger partial charge is 0.147 e. The molecule has 0 spiro atoms. The Labute approximate surface area is 86.9 Å². The summed E-state index contributed by atoms with van der Waals surface area (Å²) in [6, 6.07) is 3.68. The van der Waals surface area contributed by atoms with Gasteiger partial charge in [-0.05, 0) is 18.6 Å². The van der Waals surface area contributed by atoms with Crippen molar-refractivity contribution in [1.82, 2.24) is 0 Å². The average molecular weight is 212 g/mol. The van der Waals surface area contributed by atoms with E-state index in [9.17, 15) is 0 Å². The number of oxime groups is 1. The molecule has 0 saturated carbocycles. The van der Waals surface area contributed by atoms with E-state index in [0.717, 1.165) is 11.1 Å². The fraction of sp³-hybridized carbons (Fsp3) is 0.300. The Morgan fingerprint density at radius 1 is 1.50 bits per heavy atom. The minimum Gasteiger partial charge on any atom is -0.491 e. The van der Waals surface area contributed by atoms with Crippen LogP contribution in [0.4, 0.5) is 0 Å². The van der Waals surface area contributed by atoms with Crippen LogP contribution in [0, 0.1) is 6.92 Å². The quantitative estimate of drug-likeness (QED) is 0.530. The lowest BCUT2D eigenvalue weighted by atomic mass is 9.99. The lowest BCUT2D eigenvalue weighted by molar-refractivity contribution is 0.298. The van der Waals surface area contributed by atoms with E-state index in [4.69, 9.17) is 21.5 Å². The van der Waals surface area contributed by atoms with Gasteiger partial charge in [-0.25, -0.2) is 0 Å². The molecule has 0 unspecified atom stereocenters. The molecule has 0 aliphatic carbocycles. The Bertz CT molecular complexity index is 401. The summed E-state index contributed by atoms with van der Waals surface area (Å²) in [4.78, 5) is 0. The molecule has 0 bridgehead atoms. The van der Waals surface area contributed by atoms with Gasteiger partial charge in [-0.3, -0.25) is 0 Å². The maximum Gasteiger partial charge on any atom is 0.147 e. The second kappa shape index (κ2) is 3.50. The van der Waals surface area contributed by atoms with Gasteiger partial charge in [0.05, 0.1) is 17.3 Å². The van der Waals surface area contributed by atoms with Gasteiger partial charge in [0.15, 0.2) is 0 Å². The van der Waals surface area contributed by atoms with Gasteiger partial charge in [0, 0.05) is 12.0 Å². The third-order valence-electron chi connectivity index (χ3n) is 2.31. The molecule has 1 aliphatic rings. The van der Waals surface area contributed by atoms with Gasteiger partial charge in [-0.1, -0.05) is 22.8 Å². The number of benzene rings is 1. The first kappa shape index (κ1) is 9.34. The molecule has 1 aromatic carbocycles. The zero-order valence-electron chi connectivity index (χ0n) is 7.75. The predicted molar refractivity (Wildman–Crippen MR) is 54.6 cm³/mol. The van der Waals surface area contributed by atoms with E-state index in [2.05, 4.69) is 5.16 Å². The summed E-state index contributed by atoms with van der Waals surface area (Å²) in [5.41, 5.74) is 2.48. The van der Waals surface area contributed by atoms with Gasteiger partial charge in [0.25, 0.3) is 0 Å². The highest BCUT2D eigenvalue weighted by molar-refractivity contribution is 6.33. The van der Waals surface area contributed by atoms with Crippen LogP contribution in [0.5, 0.6) is 5.75 Å². The number of halogens is 1. The molecule has 0 aromatic heterocycles. The van der Waals surface area contributed by atoms with Crippen LogP contribution in [-0.2, 0) is 0 Å². The molecule has 1 N–H and O–H groups in total. The second-order valence-corrected chi connectivity index (χ2v) is 3.62. The molecule has 0 saturated heterocycles. The van der Waals surface area contributed by atoms with E-state index in [0.29, 0.717) is 29.5 Å². The highest BCUT2D eigenvalue weighted by Gasteiger charge is 2.21. The first-order valence-electron chi connectivity index (χ1n) is 4.37. The average Bonchev–Trinajstić information content (AvgIpc) is 2.23. The number of nitrogens with zero attached hydrogens (tertiary/aromatic N) is 1. The van der Waals surface area contributed by atoms with Crippen molar-refractivity contribution in [3.05, 3.63) is 28.3 Å². The third-order valence-corrected chi connectivity index (χ3v) is 2.61. The molecular formula is C10H10ClNO2. The van der Waals surface area contributed by atoms with Crippen molar-refractivity contribution >= 4 is 17.3 Å². The summed E-state index contributed by atoms with van der Waals surface area (Å²) in [6.07, 6.45) is 0.616. The summed E-state index contributed by atoms with van der Waals surface area (Å²) < 4.78 is 5.44. The van der Waals surface area contributed by atoms with Gasteiger partial charge in [0.2, 0.25) is 0 Å². The van der Waals surface area contributed by atoms with Gasteiger partial charge in [-0.15, -0.1) is 0 Å². The fourth-order valence-electron chi connectivity index (χ4n) is 1.63. The third kappa shape index (κ3) is 1.34. The number of hydrogen-bond acceptors (Lipinski definition) is 3. The monoisotopic (exact) mass is 211 g/mol. The van der Waals surface area contributed by atoms with Crippen LogP contribution in [-0.4, -0.2) is 17.5 Å². The van der Waals surface area contributed by atoms with Crippen LogP contribution in [0.2, 0.25) is 5.02 Å². The Morgan fingerprint density at radius 2 is 2.29 bits per heavy atom. The van der Waals surface area contributed by atoms with Crippen LogP contribution in [0.25, 0.3) is 0 Å². The summed E-state index contributed by atoms with van der Waals surface area (Å²) in [7, 11) is 0. The largest absolute Gasteiger partial charge is 0.491 e. The maximum atomic E-state index is 8.84. The number of rotatable bonds is 0. The standard InChI is InChI=1S/C10H10ClNO2/c1-6-2-3-7(11)10-9(6)8(12-13)4-5-14-10/h2-3,13H,4-5H2,1H3. The minimum atomic E-state index is 0.509. The van der Waals surface area contributed by atoms with Crippen LogP contribution < -0.4 is 4.74 Å². The zero-order valence-corrected chi connectivity index (χ0v) is 8.51. The molecule has 3 nitrogen and oxygen atoms in total. The first-order valence-corrected chi connectivity index (χ1v) is 4.75. The molecule has 0 radical (unpaired) electrons. The maximum absolute atomic E-state index is 8.84. The van der Waals surface area contributed by atoms with E-state index in [1.165, 1.54) is 0 Å². The van der Waals surface area contributed by atoms with E-state index in [1.807, 2.05) is 13.0 Å². The lowest BCUT2D eigenvalue weighted by Crippen LogP contribution is -2.17. The van der Waals surface area contributed by atoms with Crippen LogP contribution >= 0.6 is 11.6 Å².